The molecule has 0 saturated carbocycles. The summed E-state index contributed by atoms with van der Waals surface area (Å²) >= 11 is 4.72. The zero-order valence-corrected chi connectivity index (χ0v) is 11.7. The summed E-state index contributed by atoms with van der Waals surface area (Å²) < 4.78 is 29.1. The SMILES string of the molecule is COCCCOCCOc1ccc(C(N)=S)c(F)c1. The largest absolute Gasteiger partial charge is 0.491 e. The fourth-order valence-electron chi connectivity index (χ4n) is 1.41. The van der Waals surface area contributed by atoms with Crippen molar-refractivity contribution in [2.45, 2.75) is 6.42 Å². The van der Waals surface area contributed by atoms with Crippen molar-refractivity contribution in [3.8, 4) is 5.75 Å². The number of rotatable bonds is 9. The third kappa shape index (κ3) is 5.96. The van der Waals surface area contributed by atoms with E-state index >= 15 is 0 Å². The molecule has 1 rings (SSSR count). The molecule has 106 valence electrons. The summed E-state index contributed by atoms with van der Waals surface area (Å²) in [6.45, 7) is 2.10. The number of hydrogen-bond acceptors (Lipinski definition) is 4. The Balaban J connectivity index is 2.26. The van der Waals surface area contributed by atoms with Crippen molar-refractivity contribution < 1.29 is 18.6 Å². The lowest BCUT2D eigenvalue weighted by atomic mass is 10.2. The van der Waals surface area contributed by atoms with E-state index in [2.05, 4.69) is 0 Å². The number of hydrogen-bond donors (Lipinski definition) is 1. The third-order valence-electron chi connectivity index (χ3n) is 2.34. The van der Waals surface area contributed by atoms with Gasteiger partial charge in [0.1, 0.15) is 23.2 Å². The first-order valence-corrected chi connectivity index (χ1v) is 6.35. The van der Waals surface area contributed by atoms with Crippen molar-refractivity contribution in [2.24, 2.45) is 5.73 Å². The van der Waals surface area contributed by atoms with E-state index in [0.29, 0.717) is 32.2 Å². The van der Waals surface area contributed by atoms with Crippen LogP contribution < -0.4 is 10.5 Å². The molecule has 0 unspecified atom stereocenters. The zero-order chi connectivity index (χ0) is 14.1. The van der Waals surface area contributed by atoms with Gasteiger partial charge in [0.05, 0.1) is 6.61 Å². The molecule has 0 fully saturated rings. The number of halogens is 1. The van der Waals surface area contributed by atoms with E-state index < -0.39 is 5.82 Å². The van der Waals surface area contributed by atoms with Crippen LogP contribution in [0.3, 0.4) is 0 Å². The van der Waals surface area contributed by atoms with Crippen LogP contribution in [0.5, 0.6) is 5.75 Å². The maximum Gasteiger partial charge on any atom is 0.137 e. The average Bonchev–Trinajstić information content (AvgIpc) is 2.37. The molecule has 0 aliphatic carbocycles. The Bertz CT molecular complexity index is 415. The average molecular weight is 287 g/mol. The van der Waals surface area contributed by atoms with E-state index in [1.165, 1.54) is 12.1 Å². The number of nitrogens with two attached hydrogens (primary N) is 1. The van der Waals surface area contributed by atoms with Gasteiger partial charge in [-0.2, -0.15) is 0 Å². The van der Waals surface area contributed by atoms with Gasteiger partial charge in [0, 0.05) is 32.0 Å². The number of benzene rings is 1. The van der Waals surface area contributed by atoms with Gasteiger partial charge in [-0.05, 0) is 18.6 Å². The van der Waals surface area contributed by atoms with E-state index in [1.807, 2.05) is 0 Å². The second kappa shape index (κ2) is 8.79. The van der Waals surface area contributed by atoms with Crippen molar-refractivity contribution in [1.82, 2.24) is 0 Å². The summed E-state index contributed by atoms with van der Waals surface area (Å²) in [6.07, 6.45) is 0.841. The first-order valence-electron chi connectivity index (χ1n) is 5.94. The highest BCUT2D eigenvalue weighted by atomic mass is 32.1. The summed E-state index contributed by atoms with van der Waals surface area (Å²) in [5.74, 6) is -0.0518. The molecule has 0 aromatic heterocycles. The molecule has 0 bridgehead atoms. The van der Waals surface area contributed by atoms with Crippen molar-refractivity contribution in [2.75, 3.05) is 33.5 Å². The van der Waals surface area contributed by atoms with Crippen LogP contribution in [0.1, 0.15) is 12.0 Å². The second-order valence-electron chi connectivity index (χ2n) is 3.81. The Kier molecular flexibility index (Phi) is 7.32. The van der Waals surface area contributed by atoms with E-state index in [-0.39, 0.29) is 10.6 Å². The molecule has 0 aliphatic rings. The van der Waals surface area contributed by atoms with Crippen LogP contribution in [0.2, 0.25) is 0 Å². The Morgan fingerprint density at radius 3 is 2.68 bits per heavy atom. The van der Waals surface area contributed by atoms with Gasteiger partial charge < -0.3 is 19.9 Å². The van der Waals surface area contributed by atoms with Gasteiger partial charge in [-0.25, -0.2) is 4.39 Å². The van der Waals surface area contributed by atoms with Crippen molar-refractivity contribution >= 4 is 17.2 Å². The highest BCUT2D eigenvalue weighted by Crippen LogP contribution is 2.16. The van der Waals surface area contributed by atoms with Gasteiger partial charge in [0.25, 0.3) is 0 Å². The highest BCUT2D eigenvalue weighted by Gasteiger charge is 2.06. The van der Waals surface area contributed by atoms with Crippen molar-refractivity contribution in [3.63, 3.8) is 0 Å². The summed E-state index contributed by atoms with van der Waals surface area (Å²) in [4.78, 5) is 0.0329. The summed E-state index contributed by atoms with van der Waals surface area (Å²) in [5, 5.41) is 0. The molecule has 0 aliphatic heterocycles. The lowest BCUT2D eigenvalue weighted by Crippen LogP contribution is -2.12. The van der Waals surface area contributed by atoms with Crippen LogP contribution in [0, 0.1) is 5.82 Å². The minimum absolute atomic E-state index is 0.0329. The smallest absolute Gasteiger partial charge is 0.137 e. The molecule has 0 spiro atoms. The van der Waals surface area contributed by atoms with Gasteiger partial charge in [-0.3, -0.25) is 0 Å². The summed E-state index contributed by atoms with van der Waals surface area (Å²) in [7, 11) is 1.65. The maximum atomic E-state index is 13.5. The highest BCUT2D eigenvalue weighted by molar-refractivity contribution is 7.80. The van der Waals surface area contributed by atoms with Crippen LogP contribution in [-0.2, 0) is 9.47 Å². The molecule has 1 aromatic rings. The Morgan fingerprint density at radius 2 is 2.05 bits per heavy atom. The number of ether oxygens (including phenoxy) is 3. The third-order valence-corrected chi connectivity index (χ3v) is 2.56. The van der Waals surface area contributed by atoms with Gasteiger partial charge in [-0.15, -0.1) is 0 Å². The number of thiocarbonyl (C=S) groups is 1. The van der Waals surface area contributed by atoms with Gasteiger partial charge in [0.2, 0.25) is 0 Å². The minimum atomic E-state index is -0.481. The molecule has 1 aromatic carbocycles. The lowest BCUT2D eigenvalue weighted by Gasteiger charge is -2.08. The molecule has 4 nitrogen and oxygen atoms in total. The van der Waals surface area contributed by atoms with E-state index in [9.17, 15) is 4.39 Å². The van der Waals surface area contributed by atoms with Crippen LogP contribution in [0.25, 0.3) is 0 Å². The van der Waals surface area contributed by atoms with Crippen LogP contribution >= 0.6 is 12.2 Å². The number of methoxy groups -OCH3 is 1. The Morgan fingerprint density at radius 1 is 1.26 bits per heavy atom. The predicted molar refractivity (Wildman–Crippen MR) is 75.1 cm³/mol. The van der Waals surface area contributed by atoms with Crippen LogP contribution in [0.4, 0.5) is 4.39 Å². The molecule has 0 amide bonds. The van der Waals surface area contributed by atoms with Crippen LogP contribution in [0.15, 0.2) is 18.2 Å². The molecule has 2 N–H and O–H groups in total. The first-order chi connectivity index (χ1) is 9.15. The second-order valence-corrected chi connectivity index (χ2v) is 4.25. The fourth-order valence-corrected chi connectivity index (χ4v) is 1.58. The monoisotopic (exact) mass is 287 g/mol. The molecule has 0 saturated heterocycles. The van der Waals surface area contributed by atoms with Crippen molar-refractivity contribution in [1.29, 1.82) is 0 Å². The topological polar surface area (TPSA) is 53.7 Å². The van der Waals surface area contributed by atoms with Crippen molar-refractivity contribution in [3.05, 3.63) is 29.6 Å². The minimum Gasteiger partial charge on any atom is -0.491 e. The molecule has 19 heavy (non-hydrogen) atoms. The fraction of sp³-hybridized carbons (Fsp3) is 0.462. The Hall–Kier alpha value is -1.24. The molecular weight excluding hydrogens is 269 g/mol. The molecular formula is C13H18FNO3S. The summed E-state index contributed by atoms with van der Waals surface area (Å²) in [6, 6.07) is 4.40. The quantitative estimate of drug-likeness (QED) is 0.555. The standard InChI is InChI=1S/C13H18FNO3S/c1-16-5-2-6-17-7-8-18-10-3-4-11(13(15)19)12(14)9-10/h3-4,9H,2,5-8H2,1H3,(H2,15,19). The van der Waals surface area contributed by atoms with Crippen LogP contribution in [-0.4, -0.2) is 38.5 Å². The van der Waals surface area contributed by atoms with E-state index in [4.69, 9.17) is 32.2 Å². The van der Waals surface area contributed by atoms with E-state index in [0.717, 1.165) is 6.42 Å². The summed E-state index contributed by atoms with van der Waals surface area (Å²) in [5.41, 5.74) is 5.59. The lowest BCUT2D eigenvalue weighted by molar-refractivity contribution is 0.0806. The first kappa shape index (κ1) is 15.8. The maximum absolute atomic E-state index is 13.5. The van der Waals surface area contributed by atoms with Gasteiger partial charge in [0.15, 0.2) is 0 Å². The van der Waals surface area contributed by atoms with Gasteiger partial charge >= 0.3 is 0 Å². The molecule has 6 heteroatoms. The molecule has 0 heterocycles. The van der Waals surface area contributed by atoms with Gasteiger partial charge in [-0.1, -0.05) is 12.2 Å². The predicted octanol–water partition coefficient (Wildman–Crippen LogP) is 1.89. The normalized spacial score (nSPS) is 10.4. The molecule has 0 atom stereocenters. The Labute approximate surface area is 117 Å². The zero-order valence-electron chi connectivity index (χ0n) is 10.9. The van der Waals surface area contributed by atoms with E-state index in [1.54, 1.807) is 13.2 Å². The molecule has 0 radical (unpaired) electrons.